The van der Waals surface area contributed by atoms with Crippen LogP contribution in [0, 0.1) is 11.3 Å². The fourth-order valence-corrected chi connectivity index (χ4v) is 3.98. The summed E-state index contributed by atoms with van der Waals surface area (Å²) in [4.78, 5) is 16.3. The molecule has 9 heteroatoms. The van der Waals surface area contributed by atoms with Gasteiger partial charge in [-0.25, -0.2) is 0 Å². The second kappa shape index (κ2) is 8.86. The van der Waals surface area contributed by atoms with Crippen LogP contribution >= 0.6 is 23.5 Å². The number of amides is 1. The number of fused-ring (bicyclic) bond motifs is 1. The van der Waals surface area contributed by atoms with Crippen molar-refractivity contribution >= 4 is 46.0 Å². The van der Waals surface area contributed by atoms with E-state index < -0.39 is 0 Å². The second-order valence-corrected chi connectivity index (χ2v) is 7.84. The molecular formula is C20H15N5O2S2. The van der Waals surface area contributed by atoms with Crippen LogP contribution in [0.4, 0.5) is 5.69 Å². The molecule has 2 aromatic heterocycles. The minimum Gasteiger partial charge on any atom is -0.411 e. The molecule has 0 atom stereocenters. The van der Waals surface area contributed by atoms with Gasteiger partial charge >= 0.3 is 0 Å². The highest BCUT2D eigenvalue weighted by Crippen LogP contribution is 2.30. The number of anilines is 1. The van der Waals surface area contributed by atoms with Crippen molar-refractivity contribution in [2.24, 2.45) is 0 Å². The summed E-state index contributed by atoms with van der Waals surface area (Å²) < 4.78 is 5.71. The Morgan fingerprint density at radius 3 is 2.86 bits per heavy atom. The summed E-state index contributed by atoms with van der Waals surface area (Å²) in [6.45, 7) is 0. The van der Waals surface area contributed by atoms with Gasteiger partial charge < -0.3 is 14.7 Å². The first kappa shape index (κ1) is 19.1. The Kier molecular flexibility index (Phi) is 5.84. The molecule has 0 aliphatic heterocycles. The zero-order valence-electron chi connectivity index (χ0n) is 15.1. The second-order valence-electron chi connectivity index (χ2n) is 5.90. The number of aromatic nitrogens is 3. The molecule has 0 unspecified atom stereocenters. The average molecular weight is 422 g/mol. The molecule has 2 heterocycles. The number of rotatable bonds is 7. The van der Waals surface area contributed by atoms with Gasteiger partial charge in [-0.05, 0) is 18.2 Å². The number of para-hydroxylation sites is 2. The van der Waals surface area contributed by atoms with E-state index in [9.17, 15) is 4.79 Å². The van der Waals surface area contributed by atoms with Gasteiger partial charge in [0.25, 0.3) is 11.1 Å². The molecule has 2 aromatic carbocycles. The molecule has 0 spiro atoms. The number of hydrogen-bond acceptors (Lipinski definition) is 7. The highest BCUT2D eigenvalue weighted by Gasteiger charge is 2.15. The van der Waals surface area contributed by atoms with Gasteiger partial charge in [0.05, 0.1) is 28.8 Å². The lowest BCUT2D eigenvalue weighted by molar-refractivity contribution is -0.113. The summed E-state index contributed by atoms with van der Waals surface area (Å²) in [7, 11) is 0. The molecule has 144 valence electrons. The molecule has 0 saturated carbocycles. The molecule has 4 rings (SSSR count). The lowest BCUT2D eigenvalue weighted by atomic mass is 10.2. The van der Waals surface area contributed by atoms with E-state index in [0.717, 1.165) is 21.4 Å². The number of aromatic amines is 1. The quantitative estimate of drug-likeness (QED) is 0.421. The molecule has 7 nitrogen and oxygen atoms in total. The Hall–Kier alpha value is -3.22. The van der Waals surface area contributed by atoms with Crippen molar-refractivity contribution < 1.29 is 9.21 Å². The van der Waals surface area contributed by atoms with Gasteiger partial charge in [0.2, 0.25) is 5.91 Å². The predicted molar refractivity (Wildman–Crippen MR) is 114 cm³/mol. The van der Waals surface area contributed by atoms with E-state index >= 15 is 0 Å². The number of hydrogen-bond donors (Lipinski definition) is 2. The van der Waals surface area contributed by atoms with Crippen LogP contribution in [0.1, 0.15) is 0 Å². The van der Waals surface area contributed by atoms with Crippen LogP contribution in [0.15, 0.2) is 69.3 Å². The van der Waals surface area contributed by atoms with Crippen molar-refractivity contribution in [2.45, 2.75) is 10.1 Å². The maximum Gasteiger partial charge on any atom is 0.277 e. The van der Waals surface area contributed by atoms with Gasteiger partial charge in [0.1, 0.15) is 0 Å². The summed E-state index contributed by atoms with van der Waals surface area (Å²) in [5.74, 6) is 0.669. The zero-order valence-corrected chi connectivity index (χ0v) is 16.7. The van der Waals surface area contributed by atoms with E-state index in [0.29, 0.717) is 22.6 Å². The van der Waals surface area contributed by atoms with Crippen molar-refractivity contribution in [3.05, 3.63) is 54.7 Å². The topological polar surface area (TPSA) is 108 Å². The van der Waals surface area contributed by atoms with Gasteiger partial charge in [-0.15, -0.1) is 22.0 Å². The number of nitrogens with one attached hydrogen (secondary N) is 2. The Labute approximate surface area is 174 Å². The number of nitriles is 1. The van der Waals surface area contributed by atoms with Crippen LogP contribution in [-0.2, 0) is 4.79 Å². The van der Waals surface area contributed by atoms with E-state index in [2.05, 4.69) is 26.6 Å². The first-order chi connectivity index (χ1) is 14.2. The normalized spacial score (nSPS) is 10.7. The third-order valence-corrected chi connectivity index (χ3v) is 5.77. The lowest BCUT2D eigenvalue weighted by Crippen LogP contribution is -2.14. The van der Waals surface area contributed by atoms with Crippen LogP contribution in [0.5, 0.6) is 0 Å². The monoisotopic (exact) mass is 421 g/mol. The number of carbonyl (C=O) groups is 1. The van der Waals surface area contributed by atoms with Crippen molar-refractivity contribution in [3.63, 3.8) is 0 Å². The maximum absolute atomic E-state index is 12.3. The molecule has 0 aliphatic carbocycles. The molecule has 0 aliphatic rings. The minimum absolute atomic E-state index is 0.132. The average Bonchev–Trinajstić information content (AvgIpc) is 3.38. The number of thioether (sulfide) groups is 2. The molecule has 0 radical (unpaired) electrons. The van der Waals surface area contributed by atoms with E-state index in [-0.39, 0.29) is 11.7 Å². The van der Waals surface area contributed by atoms with Crippen LogP contribution in [0.25, 0.3) is 22.4 Å². The van der Waals surface area contributed by atoms with Gasteiger partial charge in [-0.3, -0.25) is 4.79 Å². The van der Waals surface area contributed by atoms with E-state index in [1.165, 1.54) is 23.5 Å². The Bertz CT molecular complexity index is 1190. The molecule has 0 fully saturated rings. The lowest BCUT2D eigenvalue weighted by Gasteiger charge is -2.08. The fourth-order valence-electron chi connectivity index (χ4n) is 2.74. The summed E-state index contributed by atoms with van der Waals surface area (Å²) in [5, 5.41) is 21.1. The van der Waals surface area contributed by atoms with Gasteiger partial charge in [0, 0.05) is 22.0 Å². The highest BCUT2D eigenvalue weighted by atomic mass is 32.2. The van der Waals surface area contributed by atoms with Gasteiger partial charge in [-0.2, -0.15) is 5.26 Å². The smallest absolute Gasteiger partial charge is 0.277 e. The van der Waals surface area contributed by atoms with Gasteiger partial charge in [-0.1, -0.05) is 42.1 Å². The fraction of sp³-hybridized carbons (Fsp3) is 0.100. The van der Waals surface area contributed by atoms with Crippen LogP contribution < -0.4 is 5.32 Å². The van der Waals surface area contributed by atoms with Crippen LogP contribution in [-0.4, -0.2) is 32.6 Å². The minimum atomic E-state index is -0.188. The molecule has 0 bridgehead atoms. The number of nitrogens with zero attached hydrogens (tertiary/aromatic N) is 3. The van der Waals surface area contributed by atoms with E-state index in [1.807, 2.05) is 54.7 Å². The number of benzene rings is 2. The summed E-state index contributed by atoms with van der Waals surface area (Å²) >= 11 is 2.55. The summed E-state index contributed by atoms with van der Waals surface area (Å²) in [6.07, 6.45) is 1.83. The van der Waals surface area contributed by atoms with Crippen molar-refractivity contribution in [1.82, 2.24) is 15.2 Å². The van der Waals surface area contributed by atoms with Crippen molar-refractivity contribution in [2.75, 3.05) is 16.8 Å². The molecule has 4 aromatic rings. The molecule has 1 amide bonds. The zero-order chi connectivity index (χ0) is 20.1. The Balaban J connectivity index is 1.39. The van der Waals surface area contributed by atoms with Gasteiger partial charge in [0.15, 0.2) is 0 Å². The highest BCUT2D eigenvalue weighted by molar-refractivity contribution is 8.00. The van der Waals surface area contributed by atoms with Crippen molar-refractivity contribution in [3.8, 4) is 17.5 Å². The van der Waals surface area contributed by atoms with Crippen LogP contribution in [0.2, 0.25) is 0 Å². The first-order valence-electron chi connectivity index (χ1n) is 8.66. The molecule has 2 N–H and O–H groups in total. The third-order valence-electron chi connectivity index (χ3n) is 4.01. The standard InChI is InChI=1S/C20H15N5O2S2/c21-9-10-28-17-8-4-3-7-16(17)23-18(26)12-29-20-25-24-19(27-20)14-11-22-15-6-2-1-5-13(14)15/h1-8,11,22H,10,12H2,(H,23,26). The summed E-state index contributed by atoms with van der Waals surface area (Å²) in [6, 6.07) is 17.3. The summed E-state index contributed by atoms with van der Waals surface area (Å²) in [5.41, 5.74) is 2.50. The van der Waals surface area contributed by atoms with E-state index in [4.69, 9.17) is 9.68 Å². The Morgan fingerprint density at radius 1 is 1.14 bits per heavy atom. The first-order valence-corrected chi connectivity index (χ1v) is 10.6. The number of H-pyrrole nitrogens is 1. The maximum atomic E-state index is 12.3. The molecular weight excluding hydrogens is 406 g/mol. The molecule has 0 saturated heterocycles. The number of carbonyl (C=O) groups excluding carboxylic acids is 1. The van der Waals surface area contributed by atoms with E-state index in [1.54, 1.807) is 0 Å². The third kappa shape index (κ3) is 4.45. The van der Waals surface area contributed by atoms with Crippen molar-refractivity contribution in [1.29, 1.82) is 5.26 Å². The van der Waals surface area contributed by atoms with Crippen LogP contribution in [0.3, 0.4) is 0 Å². The largest absolute Gasteiger partial charge is 0.411 e. The predicted octanol–water partition coefficient (Wildman–Crippen LogP) is 4.56. The SMILES string of the molecule is N#CCSc1ccccc1NC(=O)CSc1nnc(-c2c[nH]c3ccccc23)o1. The molecule has 29 heavy (non-hydrogen) atoms. The Morgan fingerprint density at radius 2 is 1.97 bits per heavy atom.